The zero-order valence-electron chi connectivity index (χ0n) is 12.2. The summed E-state index contributed by atoms with van der Waals surface area (Å²) >= 11 is 6.20. The number of nitrogens with one attached hydrogen (secondary N) is 1. The number of hydrogen-bond donors (Lipinski definition) is 1. The van der Waals surface area contributed by atoms with Crippen LogP contribution < -0.4 is 0 Å². The Hall–Kier alpha value is -0.880. The van der Waals surface area contributed by atoms with Gasteiger partial charge in [-0.15, -0.1) is 0 Å². The summed E-state index contributed by atoms with van der Waals surface area (Å²) in [6.45, 7) is 4.17. The fraction of sp³-hybridized carbons (Fsp3) is 0.533. The van der Waals surface area contributed by atoms with Gasteiger partial charge >= 0.3 is 5.51 Å². The van der Waals surface area contributed by atoms with Crippen molar-refractivity contribution in [2.24, 2.45) is 0 Å². The van der Waals surface area contributed by atoms with E-state index < -0.39 is 5.51 Å². The lowest BCUT2D eigenvalue weighted by atomic mass is 9.90. The second-order valence-corrected chi connectivity index (χ2v) is 7.22. The van der Waals surface area contributed by atoms with E-state index in [1.807, 2.05) is 0 Å². The van der Waals surface area contributed by atoms with Gasteiger partial charge < -0.3 is 4.98 Å². The summed E-state index contributed by atoms with van der Waals surface area (Å²) < 4.78 is 37.7. The second kappa shape index (κ2) is 5.64. The molecule has 0 radical (unpaired) electrons. The SMILES string of the molecule is CCC(C)c1c(Cl)cc2[nH]c(SC(F)(F)F)nc2c1C1CC1. The number of aromatic nitrogens is 2. The largest absolute Gasteiger partial charge is 0.449 e. The molecule has 0 amide bonds. The number of H-pyrrole nitrogens is 1. The number of thioether (sulfide) groups is 1. The average Bonchev–Trinajstić information content (AvgIpc) is 3.16. The molecule has 1 unspecified atom stereocenters. The molecule has 1 aliphatic carbocycles. The van der Waals surface area contributed by atoms with E-state index in [1.54, 1.807) is 6.07 Å². The van der Waals surface area contributed by atoms with Crippen LogP contribution >= 0.6 is 23.4 Å². The van der Waals surface area contributed by atoms with Crippen LogP contribution in [0.4, 0.5) is 13.2 Å². The van der Waals surface area contributed by atoms with Crippen molar-refractivity contribution in [3.8, 4) is 0 Å². The number of alkyl halides is 3. The predicted molar refractivity (Wildman–Crippen MR) is 83.7 cm³/mol. The van der Waals surface area contributed by atoms with Crippen molar-refractivity contribution in [2.45, 2.75) is 55.6 Å². The first-order valence-corrected chi connectivity index (χ1v) is 8.47. The maximum atomic E-state index is 12.6. The summed E-state index contributed by atoms with van der Waals surface area (Å²) in [5.74, 6) is 0.639. The van der Waals surface area contributed by atoms with Crippen LogP contribution in [0.25, 0.3) is 11.0 Å². The third-order valence-corrected chi connectivity index (χ3v) is 5.02. The van der Waals surface area contributed by atoms with Gasteiger partial charge in [-0.3, -0.25) is 0 Å². The summed E-state index contributed by atoms with van der Waals surface area (Å²) in [5.41, 5.74) is -1.02. The lowest BCUT2D eigenvalue weighted by Crippen LogP contribution is -2.00. The molecule has 0 bridgehead atoms. The Labute approximate surface area is 135 Å². The third kappa shape index (κ3) is 3.08. The van der Waals surface area contributed by atoms with E-state index in [0.717, 1.165) is 30.4 Å². The van der Waals surface area contributed by atoms with Crippen LogP contribution in [0.5, 0.6) is 0 Å². The highest BCUT2D eigenvalue weighted by molar-refractivity contribution is 8.00. The molecule has 2 aromatic rings. The minimum atomic E-state index is -4.35. The van der Waals surface area contributed by atoms with Gasteiger partial charge in [0.2, 0.25) is 0 Å². The van der Waals surface area contributed by atoms with Crippen LogP contribution in [0.3, 0.4) is 0 Å². The van der Waals surface area contributed by atoms with Crippen LogP contribution in [-0.4, -0.2) is 15.5 Å². The molecular weight excluding hydrogens is 333 g/mol. The van der Waals surface area contributed by atoms with Crippen LogP contribution in [0.15, 0.2) is 11.2 Å². The van der Waals surface area contributed by atoms with Crippen molar-refractivity contribution in [1.29, 1.82) is 0 Å². The van der Waals surface area contributed by atoms with Gasteiger partial charge in [0.25, 0.3) is 0 Å². The van der Waals surface area contributed by atoms with E-state index >= 15 is 0 Å². The topological polar surface area (TPSA) is 28.7 Å². The maximum Gasteiger partial charge on any atom is 0.449 e. The van der Waals surface area contributed by atoms with Crippen molar-refractivity contribution in [2.75, 3.05) is 0 Å². The second-order valence-electron chi connectivity index (χ2n) is 5.76. The lowest BCUT2D eigenvalue weighted by molar-refractivity contribution is -0.0330. The Bertz CT molecular complexity index is 707. The normalized spacial score (nSPS) is 17.2. The van der Waals surface area contributed by atoms with Crippen LogP contribution in [0, 0.1) is 0 Å². The molecule has 1 aromatic carbocycles. The number of hydrogen-bond acceptors (Lipinski definition) is 2. The number of imidazole rings is 1. The Morgan fingerprint density at radius 1 is 1.45 bits per heavy atom. The van der Waals surface area contributed by atoms with Crippen molar-refractivity contribution in [3.05, 3.63) is 22.2 Å². The Balaban J connectivity index is 2.16. The first kappa shape index (κ1) is 16.0. The maximum absolute atomic E-state index is 12.6. The molecule has 1 N–H and O–H groups in total. The molecule has 1 heterocycles. The van der Waals surface area contributed by atoms with Gasteiger partial charge in [-0.1, -0.05) is 25.4 Å². The standard InChI is InChI=1S/C15H16ClF3N2S/c1-3-7(2)11-9(16)6-10-13(12(11)8-4-5-8)21-14(20-10)22-15(17,18)19/h6-8H,3-5H2,1-2H3,(H,20,21). The minimum absolute atomic E-state index is 0.123. The molecule has 120 valence electrons. The van der Waals surface area contributed by atoms with Gasteiger partial charge in [-0.2, -0.15) is 13.2 Å². The molecule has 1 aliphatic rings. The molecule has 1 saturated carbocycles. The molecule has 1 fully saturated rings. The van der Waals surface area contributed by atoms with Crippen LogP contribution in [0.2, 0.25) is 5.02 Å². The first-order valence-electron chi connectivity index (χ1n) is 7.28. The van der Waals surface area contributed by atoms with Crippen molar-refractivity contribution in [3.63, 3.8) is 0 Å². The van der Waals surface area contributed by atoms with Gasteiger partial charge in [0.15, 0.2) is 5.16 Å². The zero-order valence-corrected chi connectivity index (χ0v) is 13.8. The highest BCUT2D eigenvalue weighted by atomic mass is 35.5. The smallest absolute Gasteiger partial charge is 0.333 e. The average molecular weight is 349 g/mol. The molecular formula is C15H16ClF3N2S. The molecule has 0 saturated heterocycles. The van der Waals surface area contributed by atoms with Crippen LogP contribution in [0.1, 0.15) is 56.1 Å². The predicted octanol–water partition coefficient (Wildman–Crippen LogP) is 6.22. The Morgan fingerprint density at radius 2 is 2.14 bits per heavy atom. The van der Waals surface area contributed by atoms with Gasteiger partial charge in [0.1, 0.15) is 0 Å². The monoisotopic (exact) mass is 348 g/mol. The molecule has 0 aliphatic heterocycles. The van der Waals surface area contributed by atoms with E-state index in [4.69, 9.17) is 11.6 Å². The van der Waals surface area contributed by atoms with E-state index in [1.165, 1.54) is 0 Å². The number of fused-ring (bicyclic) bond motifs is 1. The van der Waals surface area contributed by atoms with E-state index in [9.17, 15) is 13.2 Å². The number of aromatic amines is 1. The van der Waals surface area contributed by atoms with Gasteiger partial charge in [-0.05, 0) is 48.3 Å². The number of halogens is 4. The molecule has 3 rings (SSSR count). The van der Waals surface area contributed by atoms with Crippen LogP contribution in [-0.2, 0) is 0 Å². The number of rotatable bonds is 4. The molecule has 7 heteroatoms. The fourth-order valence-electron chi connectivity index (χ4n) is 2.78. The van der Waals surface area contributed by atoms with Crippen molar-refractivity contribution >= 4 is 34.4 Å². The quantitative estimate of drug-likeness (QED) is 0.664. The summed E-state index contributed by atoms with van der Waals surface area (Å²) in [6, 6.07) is 1.71. The summed E-state index contributed by atoms with van der Waals surface area (Å²) in [4.78, 5) is 6.95. The summed E-state index contributed by atoms with van der Waals surface area (Å²) in [5, 5.41) is 0.498. The highest BCUT2D eigenvalue weighted by Gasteiger charge is 2.34. The van der Waals surface area contributed by atoms with Gasteiger partial charge in [0.05, 0.1) is 11.0 Å². The van der Waals surface area contributed by atoms with Crippen molar-refractivity contribution < 1.29 is 13.2 Å². The molecule has 0 spiro atoms. The summed E-state index contributed by atoms with van der Waals surface area (Å²) in [7, 11) is 0. The third-order valence-electron chi connectivity index (χ3n) is 4.09. The molecule has 2 nitrogen and oxygen atoms in total. The highest BCUT2D eigenvalue weighted by Crippen LogP contribution is 2.49. The summed E-state index contributed by atoms with van der Waals surface area (Å²) in [6.07, 6.45) is 3.03. The number of benzene rings is 1. The van der Waals surface area contributed by atoms with Crippen molar-refractivity contribution in [1.82, 2.24) is 9.97 Å². The van der Waals surface area contributed by atoms with Gasteiger partial charge in [0, 0.05) is 16.8 Å². The van der Waals surface area contributed by atoms with E-state index in [2.05, 4.69) is 23.8 Å². The first-order chi connectivity index (χ1) is 10.3. The molecule has 1 atom stereocenters. The fourth-order valence-corrected chi connectivity index (χ4v) is 3.70. The Kier molecular flexibility index (Phi) is 4.10. The Morgan fingerprint density at radius 3 is 2.68 bits per heavy atom. The number of nitrogens with zero attached hydrogens (tertiary/aromatic N) is 1. The molecule has 22 heavy (non-hydrogen) atoms. The molecule has 1 aromatic heterocycles. The van der Waals surface area contributed by atoms with E-state index in [-0.39, 0.29) is 22.8 Å². The lowest BCUT2D eigenvalue weighted by Gasteiger charge is -2.17. The zero-order chi connectivity index (χ0) is 16.1. The van der Waals surface area contributed by atoms with E-state index in [0.29, 0.717) is 22.0 Å². The minimum Gasteiger partial charge on any atom is -0.333 e. The van der Waals surface area contributed by atoms with Gasteiger partial charge in [-0.25, -0.2) is 4.98 Å².